The number of rotatable bonds is 8. The minimum Gasteiger partial charge on any atom is -0.303 e. The number of hydrogen-bond donors (Lipinski definition) is 0. The molecule has 1 rings (SSSR count). The Morgan fingerprint density at radius 1 is 1.12 bits per heavy atom. The fourth-order valence-corrected chi connectivity index (χ4v) is 2.73. The Bertz CT molecular complexity index is 222. The zero-order valence-electron chi connectivity index (χ0n) is 12.2. The van der Waals surface area contributed by atoms with Crippen LogP contribution in [-0.2, 0) is 0 Å². The second-order valence-corrected chi connectivity index (χ2v) is 5.88. The summed E-state index contributed by atoms with van der Waals surface area (Å²) in [6.45, 7) is 15.3. The molecule has 0 saturated carbocycles. The normalized spacial score (nSPS) is 17.6. The lowest BCUT2D eigenvalue weighted by Crippen LogP contribution is -2.21. The molecule has 100 valence electrons. The van der Waals surface area contributed by atoms with Crippen LogP contribution in [0.15, 0.2) is 12.2 Å². The first-order valence-corrected chi connectivity index (χ1v) is 7.53. The Hall–Kier alpha value is -0.300. The van der Waals surface area contributed by atoms with Gasteiger partial charge in [0, 0.05) is 0 Å². The maximum absolute atomic E-state index is 4.32. The summed E-state index contributed by atoms with van der Waals surface area (Å²) in [4.78, 5) is 2.61. The highest BCUT2D eigenvalue weighted by atomic mass is 15.1. The maximum atomic E-state index is 4.32. The van der Waals surface area contributed by atoms with Gasteiger partial charge in [0.05, 0.1) is 0 Å². The second-order valence-electron chi connectivity index (χ2n) is 5.88. The van der Waals surface area contributed by atoms with Gasteiger partial charge in [0.2, 0.25) is 0 Å². The van der Waals surface area contributed by atoms with Gasteiger partial charge >= 0.3 is 0 Å². The molecule has 0 N–H and O–H groups in total. The first-order valence-electron chi connectivity index (χ1n) is 7.53. The van der Waals surface area contributed by atoms with Gasteiger partial charge in [0.1, 0.15) is 0 Å². The molecule has 0 bridgehead atoms. The summed E-state index contributed by atoms with van der Waals surface area (Å²) < 4.78 is 0. The SMILES string of the molecule is C=C(CCCCN1CCCC1)C(C)(CC)CC. The third-order valence-electron chi connectivity index (χ3n) is 4.82. The number of nitrogens with zero attached hydrogens (tertiary/aromatic N) is 1. The molecule has 0 aromatic heterocycles. The summed E-state index contributed by atoms with van der Waals surface area (Å²) in [5, 5.41) is 0. The van der Waals surface area contributed by atoms with Crippen molar-refractivity contribution in [1.29, 1.82) is 0 Å². The first kappa shape index (κ1) is 14.8. The van der Waals surface area contributed by atoms with Crippen molar-refractivity contribution >= 4 is 0 Å². The van der Waals surface area contributed by atoms with Crippen LogP contribution >= 0.6 is 0 Å². The minimum absolute atomic E-state index is 0.383. The van der Waals surface area contributed by atoms with E-state index < -0.39 is 0 Å². The molecule has 0 radical (unpaired) electrons. The third-order valence-corrected chi connectivity index (χ3v) is 4.82. The van der Waals surface area contributed by atoms with E-state index in [1.54, 1.807) is 0 Å². The van der Waals surface area contributed by atoms with Gasteiger partial charge in [-0.2, -0.15) is 0 Å². The molecular weight excluding hydrogens is 206 g/mol. The van der Waals surface area contributed by atoms with E-state index in [1.807, 2.05) is 0 Å². The molecule has 0 atom stereocenters. The average Bonchev–Trinajstić information content (AvgIpc) is 2.86. The van der Waals surface area contributed by atoms with E-state index in [-0.39, 0.29) is 0 Å². The quantitative estimate of drug-likeness (QED) is 0.439. The molecule has 1 aliphatic rings. The van der Waals surface area contributed by atoms with E-state index >= 15 is 0 Å². The molecule has 1 saturated heterocycles. The minimum atomic E-state index is 0.383. The summed E-state index contributed by atoms with van der Waals surface area (Å²) in [6, 6.07) is 0. The Kier molecular flexibility index (Phi) is 6.26. The molecule has 0 spiro atoms. The molecule has 1 heterocycles. The highest BCUT2D eigenvalue weighted by Crippen LogP contribution is 2.35. The third kappa shape index (κ3) is 4.46. The standard InChI is InChI=1S/C16H31N/c1-5-16(4,6-2)15(3)11-7-8-12-17-13-9-10-14-17/h3,5-14H2,1-2,4H3. The van der Waals surface area contributed by atoms with Crippen molar-refractivity contribution in [3.05, 3.63) is 12.2 Å². The number of hydrogen-bond acceptors (Lipinski definition) is 1. The van der Waals surface area contributed by atoms with Gasteiger partial charge in [-0.1, -0.05) is 32.9 Å². The number of unbranched alkanes of at least 4 members (excludes halogenated alkanes) is 1. The molecule has 0 unspecified atom stereocenters. The predicted octanol–water partition coefficient (Wildman–Crippen LogP) is 4.64. The van der Waals surface area contributed by atoms with Crippen molar-refractivity contribution < 1.29 is 0 Å². The lowest BCUT2D eigenvalue weighted by Gasteiger charge is -2.29. The van der Waals surface area contributed by atoms with E-state index in [4.69, 9.17) is 0 Å². The van der Waals surface area contributed by atoms with Crippen LogP contribution in [0.1, 0.15) is 65.7 Å². The Morgan fingerprint density at radius 3 is 2.24 bits per heavy atom. The Morgan fingerprint density at radius 2 is 1.71 bits per heavy atom. The second kappa shape index (κ2) is 7.20. The van der Waals surface area contributed by atoms with Gasteiger partial charge < -0.3 is 4.90 Å². The molecule has 17 heavy (non-hydrogen) atoms. The monoisotopic (exact) mass is 237 g/mol. The molecule has 1 heteroatoms. The Labute approximate surface area is 108 Å². The van der Waals surface area contributed by atoms with Gasteiger partial charge in [-0.25, -0.2) is 0 Å². The van der Waals surface area contributed by atoms with E-state index in [9.17, 15) is 0 Å². The van der Waals surface area contributed by atoms with Gasteiger partial charge in [-0.15, -0.1) is 0 Å². The number of allylic oxidation sites excluding steroid dienone is 1. The van der Waals surface area contributed by atoms with Crippen LogP contribution in [0.2, 0.25) is 0 Å². The average molecular weight is 237 g/mol. The van der Waals surface area contributed by atoms with Gasteiger partial charge in [-0.3, -0.25) is 0 Å². The summed E-state index contributed by atoms with van der Waals surface area (Å²) in [7, 11) is 0. The molecule has 1 nitrogen and oxygen atoms in total. The highest BCUT2D eigenvalue weighted by Gasteiger charge is 2.22. The van der Waals surface area contributed by atoms with E-state index in [0.29, 0.717) is 5.41 Å². The van der Waals surface area contributed by atoms with Crippen molar-refractivity contribution in [2.45, 2.75) is 65.7 Å². The lowest BCUT2D eigenvalue weighted by molar-refractivity contribution is 0.321. The van der Waals surface area contributed by atoms with Gasteiger partial charge in [0.25, 0.3) is 0 Å². The number of likely N-dealkylation sites (tertiary alicyclic amines) is 1. The predicted molar refractivity (Wildman–Crippen MR) is 77.4 cm³/mol. The van der Waals surface area contributed by atoms with Crippen molar-refractivity contribution in [2.24, 2.45) is 5.41 Å². The van der Waals surface area contributed by atoms with Gasteiger partial charge in [0.15, 0.2) is 0 Å². The smallest absolute Gasteiger partial charge is 0.00183 e. The van der Waals surface area contributed by atoms with Crippen LogP contribution in [0.25, 0.3) is 0 Å². The van der Waals surface area contributed by atoms with E-state index in [1.165, 1.54) is 70.2 Å². The van der Waals surface area contributed by atoms with Crippen LogP contribution in [0.5, 0.6) is 0 Å². The van der Waals surface area contributed by atoms with Crippen LogP contribution in [0.4, 0.5) is 0 Å². The molecule has 0 aliphatic carbocycles. The molecule has 0 amide bonds. The fraction of sp³-hybridized carbons (Fsp3) is 0.875. The summed E-state index contributed by atoms with van der Waals surface area (Å²) in [5.74, 6) is 0. The zero-order valence-corrected chi connectivity index (χ0v) is 12.2. The molecular formula is C16H31N. The van der Waals surface area contributed by atoms with Crippen molar-refractivity contribution in [1.82, 2.24) is 4.90 Å². The maximum Gasteiger partial charge on any atom is -0.00183 e. The zero-order chi connectivity index (χ0) is 12.7. The van der Waals surface area contributed by atoms with Crippen LogP contribution in [-0.4, -0.2) is 24.5 Å². The van der Waals surface area contributed by atoms with Crippen LogP contribution < -0.4 is 0 Å². The largest absolute Gasteiger partial charge is 0.303 e. The summed E-state index contributed by atoms with van der Waals surface area (Å²) in [5.41, 5.74) is 1.86. The van der Waals surface area contributed by atoms with E-state index in [0.717, 1.165) is 0 Å². The molecule has 1 fully saturated rings. The van der Waals surface area contributed by atoms with Gasteiger partial charge in [-0.05, 0) is 70.0 Å². The summed E-state index contributed by atoms with van der Waals surface area (Å²) >= 11 is 0. The summed E-state index contributed by atoms with van der Waals surface area (Å²) in [6.07, 6.45) is 9.19. The van der Waals surface area contributed by atoms with Crippen molar-refractivity contribution in [3.8, 4) is 0 Å². The first-order chi connectivity index (χ1) is 8.12. The molecule has 0 aromatic carbocycles. The molecule has 0 aromatic rings. The Balaban J connectivity index is 2.14. The topological polar surface area (TPSA) is 3.24 Å². The lowest BCUT2D eigenvalue weighted by atomic mass is 9.76. The van der Waals surface area contributed by atoms with E-state index in [2.05, 4.69) is 32.3 Å². The highest BCUT2D eigenvalue weighted by molar-refractivity contribution is 5.07. The van der Waals surface area contributed by atoms with Crippen molar-refractivity contribution in [2.75, 3.05) is 19.6 Å². The van der Waals surface area contributed by atoms with Crippen LogP contribution in [0.3, 0.4) is 0 Å². The van der Waals surface area contributed by atoms with Crippen LogP contribution in [0, 0.1) is 5.41 Å². The van der Waals surface area contributed by atoms with Crippen molar-refractivity contribution in [3.63, 3.8) is 0 Å². The molecule has 1 aliphatic heterocycles. The fourth-order valence-electron chi connectivity index (χ4n) is 2.73.